The molecule has 1 N–H and O–H groups in total. The minimum atomic E-state index is -0.510. The van der Waals surface area contributed by atoms with Gasteiger partial charge in [-0.05, 0) is 55.5 Å². The maximum Gasteiger partial charge on any atom is 0.256 e. The summed E-state index contributed by atoms with van der Waals surface area (Å²) in [6, 6.07) is 16.3. The number of carbonyl (C=O) groups is 1. The number of fused-ring (bicyclic) bond motifs is 1. The number of hydrogen-bond donors (Lipinski definition) is 1. The molecule has 0 fully saturated rings. The number of amides is 1. The van der Waals surface area contributed by atoms with E-state index < -0.39 is 11.7 Å². The lowest BCUT2D eigenvalue weighted by molar-refractivity contribution is 0.102. The Bertz CT molecular complexity index is 1170. The van der Waals surface area contributed by atoms with E-state index in [-0.39, 0.29) is 5.69 Å². The van der Waals surface area contributed by atoms with Crippen molar-refractivity contribution in [2.24, 2.45) is 0 Å². The summed E-state index contributed by atoms with van der Waals surface area (Å²) in [5.41, 5.74) is 1.53. The SMILES string of the molecule is Cc1ccc(-c2cc(C(=O)Nc3ccccc3F)c3cc(Cl)ccc3n2)o1. The maximum absolute atomic E-state index is 13.9. The molecule has 0 aliphatic rings. The second-order valence-corrected chi connectivity index (χ2v) is 6.50. The van der Waals surface area contributed by atoms with E-state index in [1.165, 1.54) is 12.1 Å². The largest absolute Gasteiger partial charge is 0.460 e. The lowest BCUT2D eigenvalue weighted by atomic mass is 10.1. The van der Waals surface area contributed by atoms with Gasteiger partial charge in [0.15, 0.2) is 5.76 Å². The summed E-state index contributed by atoms with van der Waals surface area (Å²) in [6.45, 7) is 1.83. The van der Waals surface area contributed by atoms with Gasteiger partial charge in [0.1, 0.15) is 17.3 Å². The number of nitrogens with one attached hydrogen (secondary N) is 1. The molecule has 4 nitrogen and oxygen atoms in total. The number of aromatic nitrogens is 1. The zero-order valence-electron chi connectivity index (χ0n) is 14.3. The summed E-state index contributed by atoms with van der Waals surface area (Å²) >= 11 is 6.10. The van der Waals surface area contributed by atoms with Crippen molar-refractivity contribution in [2.45, 2.75) is 6.92 Å². The van der Waals surface area contributed by atoms with Crippen molar-refractivity contribution in [1.29, 1.82) is 0 Å². The van der Waals surface area contributed by atoms with Gasteiger partial charge in [-0.25, -0.2) is 9.37 Å². The van der Waals surface area contributed by atoms with Gasteiger partial charge in [-0.1, -0.05) is 23.7 Å². The number of aryl methyl sites for hydroxylation is 1. The molecule has 0 saturated heterocycles. The fraction of sp³-hybridized carbons (Fsp3) is 0.0476. The zero-order valence-corrected chi connectivity index (χ0v) is 15.0. The molecule has 0 aliphatic carbocycles. The zero-order chi connectivity index (χ0) is 19.0. The molecule has 2 aromatic carbocycles. The fourth-order valence-corrected chi connectivity index (χ4v) is 3.01. The van der Waals surface area contributed by atoms with Crippen LogP contribution in [0.25, 0.3) is 22.4 Å². The van der Waals surface area contributed by atoms with Crippen molar-refractivity contribution in [3.8, 4) is 11.5 Å². The number of nitrogens with zero attached hydrogens (tertiary/aromatic N) is 1. The normalized spacial score (nSPS) is 10.9. The number of para-hydroxylation sites is 1. The van der Waals surface area contributed by atoms with E-state index in [1.54, 1.807) is 42.5 Å². The van der Waals surface area contributed by atoms with E-state index in [1.807, 2.05) is 13.0 Å². The van der Waals surface area contributed by atoms with Crippen LogP contribution < -0.4 is 5.32 Å². The van der Waals surface area contributed by atoms with Gasteiger partial charge in [0.05, 0.1) is 16.8 Å². The van der Waals surface area contributed by atoms with Gasteiger partial charge in [0.25, 0.3) is 5.91 Å². The fourth-order valence-electron chi connectivity index (χ4n) is 2.84. The predicted molar refractivity (Wildman–Crippen MR) is 104 cm³/mol. The molecule has 0 radical (unpaired) electrons. The lowest BCUT2D eigenvalue weighted by Gasteiger charge is -2.10. The van der Waals surface area contributed by atoms with E-state index in [0.29, 0.717) is 32.9 Å². The minimum absolute atomic E-state index is 0.102. The molecular weight excluding hydrogens is 367 g/mol. The number of carbonyl (C=O) groups excluding carboxylic acids is 1. The number of halogens is 2. The standard InChI is InChI=1S/C21H14ClFN2O2/c1-12-6-9-20(27-12)19-11-15(14-10-13(22)7-8-17(14)24-19)21(26)25-18-5-3-2-4-16(18)23/h2-11H,1H3,(H,25,26). The van der Waals surface area contributed by atoms with E-state index >= 15 is 0 Å². The molecule has 2 heterocycles. The minimum Gasteiger partial charge on any atom is -0.460 e. The molecule has 2 aromatic heterocycles. The van der Waals surface area contributed by atoms with Crippen molar-refractivity contribution >= 4 is 34.1 Å². The number of anilines is 1. The number of benzene rings is 2. The Morgan fingerprint density at radius 2 is 1.93 bits per heavy atom. The molecule has 27 heavy (non-hydrogen) atoms. The van der Waals surface area contributed by atoms with Crippen LogP contribution in [0.1, 0.15) is 16.1 Å². The molecule has 0 atom stereocenters. The maximum atomic E-state index is 13.9. The van der Waals surface area contributed by atoms with Crippen molar-refractivity contribution in [3.05, 3.63) is 82.8 Å². The Hall–Kier alpha value is -3.18. The Balaban J connectivity index is 1.85. The highest BCUT2D eigenvalue weighted by Crippen LogP contribution is 2.29. The van der Waals surface area contributed by atoms with Crippen LogP contribution >= 0.6 is 11.6 Å². The van der Waals surface area contributed by atoms with Crippen molar-refractivity contribution in [3.63, 3.8) is 0 Å². The van der Waals surface area contributed by atoms with Crippen LogP contribution in [0.4, 0.5) is 10.1 Å². The van der Waals surface area contributed by atoms with Gasteiger partial charge in [-0.15, -0.1) is 0 Å². The molecular formula is C21H14ClFN2O2. The first-order chi connectivity index (χ1) is 13.0. The summed E-state index contributed by atoms with van der Waals surface area (Å²) in [4.78, 5) is 17.5. The summed E-state index contributed by atoms with van der Waals surface area (Å²) in [5.74, 6) is 0.313. The van der Waals surface area contributed by atoms with Crippen LogP contribution in [0, 0.1) is 12.7 Å². The Morgan fingerprint density at radius 3 is 2.67 bits per heavy atom. The van der Waals surface area contributed by atoms with Crippen LogP contribution in [0.15, 0.2) is 65.1 Å². The molecule has 4 aromatic rings. The number of furan rings is 1. The Morgan fingerprint density at radius 1 is 1.11 bits per heavy atom. The third-order valence-electron chi connectivity index (χ3n) is 4.13. The van der Waals surface area contributed by atoms with Gasteiger partial charge in [0.2, 0.25) is 0 Å². The molecule has 6 heteroatoms. The highest BCUT2D eigenvalue weighted by molar-refractivity contribution is 6.31. The summed E-state index contributed by atoms with van der Waals surface area (Å²) in [6.07, 6.45) is 0. The van der Waals surface area contributed by atoms with Gasteiger partial charge in [0, 0.05) is 10.4 Å². The van der Waals surface area contributed by atoms with Gasteiger partial charge in [-0.2, -0.15) is 0 Å². The van der Waals surface area contributed by atoms with Gasteiger partial charge >= 0.3 is 0 Å². The summed E-state index contributed by atoms with van der Waals surface area (Å²) < 4.78 is 19.6. The van der Waals surface area contributed by atoms with Crippen LogP contribution in [-0.4, -0.2) is 10.9 Å². The molecule has 0 spiro atoms. The molecule has 0 aliphatic heterocycles. The van der Waals surface area contributed by atoms with Gasteiger partial charge < -0.3 is 9.73 Å². The Labute approximate surface area is 159 Å². The van der Waals surface area contributed by atoms with Crippen LogP contribution in [0.5, 0.6) is 0 Å². The Kier molecular flexibility index (Phi) is 4.38. The monoisotopic (exact) mass is 380 g/mol. The molecule has 0 bridgehead atoms. The smallest absolute Gasteiger partial charge is 0.256 e. The van der Waals surface area contributed by atoms with Crippen molar-refractivity contribution in [2.75, 3.05) is 5.32 Å². The predicted octanol–water partition coefficient (Wildman–Crippen LogP) is 5.85. The van der Waals surface area contributed by atoms with Crippen LogP contribution in [0.2, 0.25) is 5.02 Å². The van der Waals surface area contributed by atoms with Crippen molar-refractivity contribution < 1.29 is 13.6 Å². The average Bonchev–Trinajstić information content (AvgIpc) is 3.09. The first kappa shape index (κ1) is 17.2. The number of hydrogen-bond acceptors (Lipinski definition) is 3. The molecule has 134 valence electrons. The van der Waals surface area contributed by atoms with E-state index in [0.717, 1.165) is 5.76 Å². The molecule has 1 amide bonds. The molecule has 4 rings (SSSR count). The van der Waals surface area contributed by atoms with Crippen molar-refractivity contribution in [1.82, 2.24) is 4.98 Å². The third kappa shape index (κ3) is 3.41. The number of rotatable bonds is 3. The van der Waals surface area contributed by atoms with Crippen LogP contribution in [-0.2, 0) is 0 Å². The topological polar surface area (TPSA) is 55.1 Å². The second-order valence-electron chi connectivity index (χ2n) is 6.06. The first-order valence-corrected chi connectivity index (χ1v) is 8.62. The quantitative estimate of drug-likeness (QED) is 0.485. The highest BCUT2D eigenvalue weighted by atomic mass is 35.5. The first-order valence-electron chi connectivity index (χ1n) is 8.24. The van der Waals surface area contributed by atoms with Gasteiger partial charge in [-0.3, -0.25) is 4.79 Å². The number of pyridine rings is 1. The lowest BCUT2D eigenvalue weighted by Crippen LogP contribution is -2.14. The molecule has 0 saturated carbocycles. The highest BCUT2D eigenvalue weighted by Gasteiger charge is 2.17. The third-order valence-corrected chi connectivity index (χ3v) is 4.37. The van der Waals surface area contributed by atoms with E-state index in [2.05, 4.69) is 10.3 Å². The van der Waals surface area contributed by atoms with E-state index in [4.69, 9.17) is 16.0 Å². The molecule has 0 unspecified atom stereocenters. The second kappa shape index (κ2) is 6.85. The van der Waals surface area contributed by atoms with Crippen LogP contribution in [0.3, 0.4) is 0 Å². The van der Waals surface area contributed by atoms with E-state index in [9.17, 15) is 9.18 Å². The average molecular weight is 381 g/mol. The summed E-state index contributed by atoms with van der Waals surface area (Å²) in [7, 11) is 0. The summed E-state index contributed by atoms with van der Waals surface area (Å²) in [5, 5.41) is 3.66.